The van der Waals surface area contributed by atoms with E-state index < -0.39 is 0 Å². The molecular weight excluding hydrogens is 320 g/mol. The summed E-state index contributed by atoms with van der Waals surface area (Å²) in [6.45, 7) is 0.691. The van der Waals surface area contributed by atoms with Crippen LogP contribution in [0.1, 0.15) is 12.8 Å². The fraction of sp³-hybridized carbons (Fsp3) is 0.333. The summed E-state index contributed by atoms with van der Waals surface area (Å²) in [7, 11) is 0. The van der Waals surface area contributed by atoms with Gasteiger partial charge in [0, 0.05) is 30.1 Å². The first-order chi connectivity index (χ1) is 10.7. The number of imidazole rings is 1. The van der Waals surface area contributed by atoms with Gasteiger partial charge in [-0.15, -0.1) is 0 Å². The van der Waals surface area contributed by atoms with Crippen LogP contribution >= 0.6 is 23.4 Å². The van der Waals surface area contributed by atoms with Crippen LogP contribution in [0.4, 0.5) is 5.69 Å². The van der Waals surface area contributed by atoms with E-state index in [0.717, 1.165) is 29.3 Å². The molecule has 0 saturated carbocycles. The molecule has 1 aromatic carbocycles. The van der Waals surface area contributed by atoms with Crippen LogP contribution in [0.2, 0.25) is 5.02 Å². The van der Waals surface area contributed by atoms with Gasteiger partial charge in [0.05, 0.1) is 10.7 Å². The van der Waals surface area contributed by atoms with E-state index in [1.54, 1.807) is 36.3 Å². The molecule has 0 radical (unpaired) electrons. The molecule has 4 N–H and O–H groups in total. The van der Waals surface area contributed by atoms with E-state index in [0.29, 0.717) is 23.7 Å². The zero-order chi connectivity index (χ0) is 15.8. The summed E-state index contributed by atoms with van der Waals surface area (Å²) in [5.74, 6) is 2.49. The number of aromatic nitrogens is 2. The van der Waals surface area contributed by atoms with E-state index in [9.17, 15) is 4.79 Å². The fourth-order valence-corrected chi connectivity index (χ4v) is 2.98. The minimum atomic E-state index is -0.0344. The highest BCUT2D eigenvalue weighted by Crippen LogP contribution is 2.27. The molecule has 2 aromatic rings. The van der Waals surface area contributed by atoms with Gasteiger partial charge in [0.1, 0.15) is 5.82 Å². The fourth-order valence-electron chi connectivity index (χ4n) is 1.85. The normalized spacial score (nSPS) is 10.6. The first kappa shape index (κ1) is 16.9. The SMILES string of the molecule is NCCCSCCC(=O)Nc1ccc(-c2ncc[nH]2)cc1Cl. The Morgan fingerprint density at radius 3 is 2.95 bits per heavy atom. The monoisotopic (exact) mass is 338 g/mol. The second-order valence-electron chi connectivity index (χ2n) is 4.69. The third kappa shape index (κ3) is 5.05. The van der Waals surface area contributed by atoms with Gasteiger partial charge in [0.15, 0.2) is 0 Å². The van der Waals surface area contributed by atoms with Gasteiger partial charge in [-0.25, -0.2) is 4.98 Å². The minimum Gasteiger partial charge on any atom is -0.345 e. The van der Waals surface area contributed by atoms with Crippen molar-refractivity contribution in [3.05, 3.63) is 35.6 Å². The number of nitrogens with one attached hydrogen (secondary N) is 2. The third-order valence-electron chi connectivity index (χ3n) is 2.98. The zero-order valence-electron chi connectivity index (χ0n) is 12.1. The Kier molecular flexibility index (Phi) is 6.76. The number of carbonyl (C=O) groups is 1. The van der Waals surface area contributed by atoms with Crippen LogP contribution in [0, 0.1) is 0 Å². The highest BCUT2D eigenvalue weighted by Gasteiger charge is 2.08. The number of H-pyrrole nitrogens is 1. The number of aromatic amines is 1. The average molecular weight is 339 g/mol. The van der Waals surface area contributed by atoms with Gasteiger partial charge >= 0.3 is 0 Å². The number of rotatable bonds is 8. The Bertz CT molecular complexity index is 604. The van der Waals surface area contributed by atoms with Crippen molar-refractivity contribution in [2.24, 2.45) is 5.73 Å². The summed E-state index contributed by atoms with van der Waals surface area (Å²) in [5.41, 5.74) is 6.92. The van der Waals surface area contributed by atoms with Crippen LogP contribution in [0.5, 0.6) is 0 Å². The number of benzene rings is 1. The van der Waals surface area contributed by atoms with Gasteiger partial charge in [-0.1, -0.05) is 11.6 Å². The summed E-state index contributed by atoms with van der Waals surface area (Å²) in [6.07, 6.45) is 4.88. The Morgan fingerprint density at radius 1 is 1.41 bits per heavy atom. The van der Waals surface area contributed by atoms with Crippen molar-refractivity contribution >= 4 is 35.0 Å². The molecule has 0 saturated heterocycles. The molecule has 1 aromatic heterocycles. The first-order valence-corrected chi connectivity index (χ1v) is 8.61. The van der Waals surface area contributed by atoms with E-state index in [4.69, 9.17) is 17.3 Å². The second-order valence-corrected chi connectivity index (χ2v) is 6.32. The molecule has 0 fully saturated rings. The van der Waals surface area contributed by atoms with E-state index in [2.05, 4.69) is 15.3 Å². The average Bonchev–Trinajstić information content (AvgIpc) is 3.03. The topological polar surface area (TPSA) is 83.8 Å². The molecule has 0 atom stereocenters. The van der Waals surface area contributed by atoms with Gasteiger partial charge < -0.3 is 16.0 Å². The number of anilines is 1. The number of nitrogens with zero attached hydrogens (tertiary/aromatic N) is 1. The van der Waals surface area contributed by atoms with Gasteiger partial charge in [-0.2, -0.15) is 11.8 Å². The lowest BCUT2D eigenvalue weighted by Crippen LogP contribution is -2.12. The van der Waals surface area contributed by atoms with Gasteiger partial charge in [0.2, 0.25) is 5.91 Å². The third-order valence-corrected chi connectivity index (χ3v) is 4.36. The number of nitrogens with two attached hydrogens (primary N) is 1. The predicted molar refractivity (Wildman–Crippen MR) is 93.3 cm³/mol. The van der Waals surface area contributed by atoms with Crippen LogP contribution in [0.15, 0.2) is 30.6 Å². The maximum absolute atomic E-state index is 11.9. The lowest BCUT2D eigenvalue weighted by Gasteiger charge is -2.08. The summed E-state index contributed by atoms with van der Waals surface area (Å²) in [6, 6.07) is 5.45. The summed E-state index contributed by atoms with van der Waals surface area (Å²) in [4.78, 5) is 19.1. The van der Waals surface area contributed by atoms with E-state index in [-0.39, 0.29) is 5.91 Å². The molecule has 2 rings (SSSR count). The molecule has 0 unspecified atom stereocenters. The van der Waals surface area contributed by atoms with Crippen LogP contribution in [-0.2, 0) is 4.79 Å². The number of hydrogen-bond acceptors (Lipinski definition) is 4. The summed E-state index contributed by atoms with van der Waals surface area (Å²) in [5, 5.41) is 3.33. The molecule has 118 valence electrons. The molecule has 0 bridgehead atoms. The Labute approximate surface area is 139 Å². The molecule has 1 amide bonds. The zero-order valence-corrected chi connectivity index (χ0v) is 13.7. The molecule has 0 aliphatic carbocycles. The maximum Gasteiger partial charge on any atom is 0.225 e. The molecule has 5 nitrogen and oxygen atoms in total. The second kappa shape index (κ2) is 8.82. The first-order valence-electron chi connectivity index (χ1n) is 7.07. The van der Waals surface area contributed by atoms with Crippen molar-refractivity contribution in [3.63, 3.8) is 0 Å². The van der Waals surface area contributed by atoms with Crippen LogP contribution in [-0.4, -0.2) is 33.9 Å². The summed E-state index contributed by atoms with van der Waals surface area (Å²) < 4.78 is 0. The molecule has 22 heavy (non-hydrogen) atoms. The minimum absolute atomic E-state index is 0.0344. The standard InChI is InChI=1S/C15H19ClN4OS/c16-12-10-11(15-18-6-7-19-15)2-3-13(12)20-14(21)4-9-22-8-1-5-17/h2-3,6-7,10H,1,4-5,8-9,17H2,(H,18,19)(H,20,21). The van der Waals surface area contributed by atoms with Crippen molar-refractivity contribution in [2.45, 2.75) is 12.8 Å². The van der Waals surface area contributed by atoms with Crippen molar-refractivity contribution in [1.82, 2.24) is 9.97 Å². The van der Waals surface area contributed by atoms with E-state index in [1.807, 2.05) is 6.07 Å². The Balaban J connectivity index is 1.86. The van der Waals surface area contributed by atoms with Crippen molar-refractivity contribution < 1.29 is 4.79 Å². The largest absolute Gasteiger partial charge is 0.345 e. The molecular formula is C15H19ClN4OS. The lowest BCUT2D eigenvalue weighted by atomic mass is 10.2. The number of hydrogen-bond donors (Lipinski definition) is 3. The quantitative estimate of drug-likeness (QED) is 0.646. The van der Waals surface area contributed by atoms with Crippen molar-refractivity contribution in [1.29, 1.82) is 0 Å². The van der Waals surface area contributed by atoms with Crippen LogP contribution < -0.4 is 11.1 Å². The van der Waals surface area contributed by atoms with Gasteiger partial charge in [-0.05, 0) is 36.9 Å². The maximum atomic E-state index is 11.9. The Morgan fingerprint density at radius 2 is 2.27 bits per heavy atom. The van der Waals surface area contributed by atoms with Crippen LogP contribution in [0.25, 0.3) is 11.4 Å². The number of thioether (sulfide) groups is 1. The number of amides is 1. The van der Waals surface area contributed by atoms with Gasteiger partial charge in [-0.3, -0.25) is 4.79 Å². The highest BCUT2D eigenvalue weighted by atomic mass is 35.5. The summed E-state index contributed by atoms with van der Waals surface area (Å²) >= 11 is 7.95. The molecule has 1 heterocycles. The Hall–Kier alpha value is -1.50. The molecule has 0 spiro atoms. The highest BCUT2D eigenvalue weighted by molar-refractivity contribution is 7.99. The van der Waals surface area contributed by atoms with Gasteiger partial charge in [0.25, 0.3) is 0 Å². The molecule has 0 aliphatic heterocycles. The van der Waals surface area contributed by atoms with E-state index in [1.165, 1.54) is 0 Å². The molecule has 7 heteroatoms. The van der Waals surface area contributed by atoms with E-state index >= 15 is 0 Å². The van der Waals surface area contributed by atoms with Crippen molar-refractivity contribution in [2.75, 3.05) is 23.4 Å². The number of carbonyl (C=O) groups excluding carboxylic acids is 1. The van der Waals surface area contributed by atoms with Crippen molar-refractivity contribution in [3.8, 4) is 11.4 Å². The number of halogens is 1. The lowest BCUT2D eigenvalue weighted by molar-refractivity contribution is -0.115. The predicted octanol–water partition coefficient (Wildman–Crippen LogP) is 3.14. The smallest absolute Gasteiger partial charge is 0.225 e. The molecule has 0 aliphatic rings. The van der Waals surface area contributed by atoms with Crippen LogP contribution in [0.3, 0.4) is 0 Å².